The largest absolute Gasteiger partial charge is 0.493 e. The summed E-state index contributed by atoms with van der Waals surface area (Å²) in [6, 6.07) is 5.86. The van der Waals surface area contributed by atoms with Crippen molar-refractivity contribution in [2.75, 3.05) is 32.7 Å². The molecule has 1 N–H and O–H groups in total. The first-order chi connectivity index (χ1) is 9.02. The van der Waals surface area contributed by atoms with Crippen LogP contribution in [0.25, 0.3) is 0 Å². The van der Waals surface area contributed by atoms with Crippen LogP contribution in [0.15, 0.2) is 18.2 Å². The molecule has 0 radical (unpaired) electrons. The van der Waals surface area contributed by atoms with Gasteiger partial charge in [-0.2, -0.15) is 0 Å². The van der Waals surface area contributed by atoms with E-state index in [1.54, 1.807) is 14.2 Å². The van der Waals surface area contributed by atoms with E-state index in [0.29, 0.717) is 6.61 Å². The quantitative estimate of drug-likeness (QED) is 0.784. The van der Waals surface area contributed by atoms with Gasteiger partial charge in [-0.1, -0.05) is 0 Å². The molecule has 0 bridgehead atoms. The molecule has 0 aromatic heterocycles. The smallest absolute Gasteiger partial charge is 0.163 e. The summed E-state index contributed by atoms with van der Waals surface area (Å²) in [5, 5.41) is 3.37. The average Bonchev–Trinajstić information content (AvgIpc) is 2.39. The number of ether oxygens (including phenoxy) is 3. The lowest BCUT2D eigenvalue weighted by Crippen LogP contribution is -2.25. The van der Waals surface area contributed by atoms with Gasteiger partial charge in [0, 0.05) is 25.4 Å². The van der Waals surface area contributed by atoms with Gasteiger partial charge in [-0.05, 0) is 39.3 Å². The van der Waals surface area contributed by atoms with Gasteiger partial charge in [0.15, 0.2) is 11.5 Å². The summed E-state index contributed by atoms with van der Waals surface area (Å²) in [5.74, 6) is 1.52. The van der Waals surface area contributed by atoms with Crippen LogP contribution < -0.4 is 14.8 Å². The van der Waals surface area contributed by atoms with Crippen molar-refractivity contribution < 1.29 is 14.2 Å². The van der Waals surface area contributed by atoms with Crippen molar-refractivity contribution in [1.29, 1.82) is 0 Å². The number of rotatable bonds is 8. The summed E-state index contributed by atoms with van der Waals surface area (Å²) < 4.78 is 16.2. The SMILES string of the molecule is CCOc1cc(NCCC(C)(C)OC)ccc1OC. The lowest BCUT2D eigenvalue weighted by atomic mass is 10.1. The zero-order valence-electron chi connectivity index (χ0n) is 12.6. The number of hydrogen-bond acceptors (Lipinski definition) is 4. The summed E-state index contributed by atoms with van der Waals surface area (Å²) in [6.07, 6.45) is 0.930. The molecule has 1 aromatic carbocycles. The van der Waals surface area contributed by atoms with Crippen molar-refractivity contribution >= 4 is 5.69 Å². The minimum Gasteiger partial charge on any atom is -0.493 e. The first kappa shape index (κ1) is 15.6. The minimum absolute atomic E-state index is 0.109. The summed E-state index contributed by atoms with van der Waals surface area (Å²) in [4.78, 5) is 0. The number of hydrogen-bond donors (Lipinski definition) is 1. The highest BCUT2D eigenvalue weighted by Gasteiger charge is 2.15. The van der Waals surface area contributed by atoms with Crippen LogP contribution in [0.4, 0.5) is 5.69 Å². The Morgan fingerprint density at radius 2 is 1.89 bits per heavy atom. The molecule has 0 aliphatic heterocycles. The van der Waals surface area contributed by atoms with E-state index in [1.807, 2.05) is 25.1 Å². The van der Waals surface area contributed by atoms with Gasteiger partial charge in [0.05, 0.1) is 19.3 Å². The molecule has 0 heterocycles. The van der Waals surface area contributed by atoms with Crippen LogP contribution in [-0.2, 0) is 4.74 Å². The van der Waals surface area contributed by atoms with Crippen molar-refractivity contribution in [1.82, 2.24) is 0 Å². The molecule has 19 heavy (non-hydrogen) atoms. The van der Waals surface area contributed by atoms with E-state index in [0.717, 1.165) is 30.2 Å². The Balaban J connectivity index is 2.61. The second-order valence-corrected chi connectivity index (χ2v) is 4.94. The summed E-state index contributed by atoms with van der Waals surface area (Å²) in [7, 11) is 3.38. The Hall–Kier alpha value is -1.42. The van der Waals surface area contributed by atoms with Gasteiger partial charge in [-0.25, -0.2) is 0 Å². The molecule has 108 valence electrons. The Morgan fingerprint density at radius 3 is 2.47 bits per heavy atom. The Labute approximate surface area is 116 Å². The maximum atomic E-state index is 5.55. The van der Waals surface area contributed by atoms with Gasteiger partial charge in [0.25, 0.3) is 0 Å². The molecule has 0 saturated carbocycles. The van der Waals surface area contributed by atoms with Crippen molar-refractivity contribution in [3.63, 3.8) is 0 Å². The molecule has 0 saturated heterocycles. The fourth-order valence-electron chi connectivity index (χ4n) is 1.66. The first-order valence-electron chi connectivity index (χ1n) is 6.62. The van der Waals surface area contributed by atoms with Crippen LogP contribution in [0.1, 0.15) is 27.2 Å². The third-order valence-corrected chi connectivity index (χ3v) is 3.07. The zero-order chi connectivity index (χ0) is 14.3. The highest BCUT2D eigenvalue weighted by atomic mass is 16.5. The molecule has 0 unspecified atom stereocenters. The summed E-state index contributed by atoms with van der Waals surface area (Å²) in [5.41, 5.74) is 0.915. The van der Waals surface area contributed by atoms with E-state index >= 15 is 0 Å². The molecular weight excluding hydrogens is 242 g/mol. The summed E-state index contributed by atoms with van der Waals surface area (Å²) in [6.45, 7) is 7.58. The molecule has 0 fully saturated rings. The standard InChI is InChI=1S/C15H25NO3/c1-6-19-14-11-12(7-8-13(14)17-4)16-10-9-15(2,3)18-5/h7-8,11,16H,6,9-10H2,1-5H3. The van der Waals surface area contributed by atoms with Crippen molar-refractivity contribution in [3.8, 4) is 11.5 Å². The molecule has 0 atom stereocenters. The van der Waals surface area contributed by atoms with Crippen molar-refractivity contribution in [2.45, 2.75) is 32.8 Å². The minimum atomic E-state index is -0.109. The van der Waals surface area contributed by atoms with E-state index < -0.39 is 0 Å². The number of anilines is 1. The van der Waals surface area contributed by atoms with Crippen LogP contribution in [0.3, 0.4) is 0 Å². The van der Waals surface area contributed by atoms with Gasteiger partial charge < -0.3 is 19.5 Å². The van der Waals surface area contributed by atoms with Crippen LogP contribution in [0, 0.1) is 0 Å². The second-order valence-electron chi connectivity index (χ2n) is 4.94. The normalized spacial score (nSPS) is 11.2. The monoisotopic (exact) mass is 267 g/mol. The number of benzene rings is 1. The second kappa shape index (κ2) is 7.24. The van der Waals surface area contributed by atoms with Crippen LogP contribution in [0.2, 0.25) is 0 Å². The molecule has 1 rings (SSSR count). The van der Waals surface area contributed by atoms with Gasteiger partial charge in [-0.15, -0.1) is 0 Å². The molecular formula is C15H25NO3. The molecule has 0 aliphatic rings. The third kappa shape index (κ3) is 4.99. The molecule has 0 spiro atoms. The summed E-state index contributed by atoms with van der Waals surface area (Å²) >= 11 is 0. The van der Waals surface area contributed by atoms with Crippen molar-refractivity contribution in [2.24, 2.45) is 0 Å². The predicted octanol–water partition coefficient (Wildman–Crippen LogP) is 3.32. The predicted molar refractivity (Wildman–Crippen MR) is 78.4 cm³/mol. The van der Waals surface area contributed by atoms with Crippen molar-refractivity contribution in [3.05, 3.63) is 18.2 Å². The number of nitrogens with one attached hydrogen (secondary N) is 1. The molecule has 4 heteroatoms. The maximum Gasteiger partial charge on any atom is 0.163 e. The van der Waals surface area contributed by atoms with Gasteiger partial charge in [0.1, 0.15) is 0 Å². The van der Waals surface area contributed by atoms with Crippen LogP contribution >= 0.6 is 0 Å². The molecule has 0 amide bonds. The highest BCUT2D eigenvalue weighted by Crippen LogP contribution is 2.30. The molecule has 0 aliphatic carbocycles. The van der Waals surface area contributed by atoms with Gasteiger partial charge in [0.2, 0.25) is 0 Å². The Bertz CT molecular complexity index is 391. The van der Waals surface area contributed by atoms with E-state index in [9.17, 15) is 0 Å². The van der Waals surface area contributed by atoms with Gasteiger partial charge in [-0.3, -0.25) is 0 Å². The van der Waals surface area contributed by atoms with E-state index in [1.165, 1.54) is 0 Å². The van der Waals surface area contributed by atoms with Crippen LogP contribution in [0.5, 0.6) is 11.5 Å². The number of methoxy groups -OCH3 is 2. The highest BCUT2D eigenvalue weighted by molar-refractivity contribution is 5.54. The third-order valence-electron chi connectivity index (χ3n) is 3.07. The van der Waals surface area contributed by atoms with E-state index in [2.05, 4.69) is 19.2 Å². The molecule has 1 aromatic rings. The van der Waals surface area contributed by atoms with E-state index in [4.69, 9.17) is 14.2 Å². The van der Waals surface area contributed by atoms with E-state index in [-0.39, 0.29) is 5.60 Å². The fourth-order valence-corrected chi connectivity index (χ4v) is 1.66. The Kier molecular flexibility index (Phi) is 5.96. The lowest BCUT2D eigenvalue weighted by Gasteiger charge is -2.23. The lowest BCUT2D eigenvalue weighted by molar-refractivity contribution is 0.0185. The Morgan fingerprint density at radius 1 is 1.16 bits per heavy atom. The topological polar surface area (TPSA) is 39.7 Å². The zero-order valence-corrected chi connectivity index (χ0v) is 12.6. The molecule has 4 nitrogen and oxygen atoms in total. The van der Waals surface area contributed by atoms with Crippen LogP contribution in [-0.4, -0.2) is 33.0 Å². The maximum absolute atomic E-state index is 5.55. The fraction of sp³-hybridized carbons (Fsp3) is 0.600. The first-order valence-corrected chi connectivity index (χ1v) is 6.62. The average molecular weight is 267 g/mol. The van der Waals surface area contributed by atoms with Gasteiger partial charge >= 0.3 is 0 Å².